The number of benzene rings is 3. The van der Waals surface area contributed by atoms with E-state index in [1.54, 1.807) is 0 Å². The van der Waals surface area contributed by atoms with Gasteiger partial charge in [-0.3, -0.25) is 4.79 Å². The van der Waals surface area contributed by atoms with E-state index in [-0.39, 0.29) is 11.2 Å². The lowest BCUT2D eigenvalue weighted by Crippen LogP contribution is -2.58. The average molecular weight is 453 g/mol. The Hall–Kier alpha value is -3.53. The molecule has 2 aliphatic rings. The van der Waals surface area contributed by atoms with Gasteiger partial charge in [-0.25, -0.2) is 0 Å². The summed E-state index contributed by atoms with van der Waals surface area (Å²) < 4.78 is 6.81. The molecule has 1 spiro atoms. The van der Waals surface area contributed by atoms with Gasteiger partial charge in [-0.15, -0.1) is 0 Å². The Morgan fingerprint density at radius 3 is 2.38 bits per heavy atom. The van der Waals surface area contributed by atoms with Crippen LogP contribution >= 0.6 is 0 Å². The van der Waals surface area contributed by atoms with Gasteiger partial charge in [0.1, 0.15) is 5.75 Å². The van der Waals surface area contributed by atoms with Crippen molar-refractivity contribution in [2.45, 2.75) is 38.8 Å². The molecule has 3 aromatic rings. The number of nitrogens with zero attached hydrogens (tertiary/aromatic N) is 2. The fourth-order valence-electron chi connectivity index (χ4n) is 5.48. The van der Waals surface area contributed by atoms with Crippen LogP contribution < -0.4 is 14.5 Å². The van der Waals surface area contributed by atoms with Crippen LogP contribution in [0.4, 0.5) is 11.4 Å². The van der Waals surface area contributed by atoms with Gasteiger partial charge in [0.25, 0.3) is 0 Å². The average Bonchev–Trinajstić information content (AvgIpc) is 3.02. The number of anilines is 2. The molecule has 0 N–H and O–H groups in total. The second-order valence-corrected chi connectivity index (χ2v) is 9.64. The summed E-state index contributed by atoms with van der Waals surface area (Å²) in [6.07, 6.45) is 4.37. The molecule has 2 heterocycles. The van der Waals surface area contributed by atoms with E-state index in [1.807, 2.05) is 42.5 Å². The lowest BCUT2D eigenvalue weighted by molar-refractivity contribution is 0.0581. The summed E-state index contributed by atoms with van der Waals surface area (Å²) in [5.74, 6) is 0.920. The van der Waals surface area contributed by atoms with Crippen LogP contribution in [0.1, 0.15) is 54.7 Å². The summed E-state index contributed by atoms with van der Waals surface area (Å²) in [7, 11) is 2.08. The molecular weight excluding hydrogens is 420 g/mol. The molecule has 0 amide bonds. The number of ether oxygens (including phenoxy) is 1. The van der Waals surface area contributed by atoms with E-state index in [4.69, 9.17) is 4.74 Å². The van der Waals surface area contributed by atoms with Crippen LogP contribution in [0.5, 0.6) is 5.75 Å². The standard InChI is InChI=1S/C30H32N2O2/c1-6-32(7-2)24-14-16-27-22(19-24)17-18-30(34-27)29(3,4)25-20-23(13-15-26(25)31(30)5)28(33)21-11-9-8-10-12-21/h8-20H,6-7H2,1-5H3. The number of hydrogen-bond acceptors (Lipinski definition) is 4. The third-order valence-corrected chi connectivity index (χ3v) is 7.60. The number of ketones is 1. The van der Waals surface area contributed by atoms with E-state index < -0.39 is 5.72 Å². The normalized spacial score (nSPS) is 19.5. The summed E-state index contributed by atoms with van der Waals surface area (Å²) in [6, 6.07) is 21.9. The van der Waals surface area contributed by atoms with Crippen LogP contribution in [0.3, 0.4) is 0 Å². The lowest BCUT2D eigenvalue weighted by atomic mass is 9.76. The Morgan fingerprint density at radius 1 is 0.941 bits per heavy atom. The van der Waals surface area contributed by atoms with Gasteiger partial charge in [-0.2, -0.15) is 0 Å². The first-order valence-electron chi connectivity index (χ1n) is 12.1. The summed E-state index contributed by atoms with van der Waals surface area (Å²) in [4.78, 5) is 17.7. The number of fused-ring (bicyclic) bond motifs is 2. The zero-order valence-corrected chi connectivity index (χ0v) is 20.6. The van der Waals surface area contributed by atoms with Gasteiger partial charge in [-0.05, 0) is 81.8 Å². The van der Waals surface area contributed by atoms with E-state index in [0.717, 1.165) is 35.7 Å². The van der Waals surface area contributed by atoms with Crippen molar-refractivity contribution in [2.24, 2.45) is 0 Å². The highest BCUT2D eigenvalue weighted by molar-refractivity contribution is 6.09. The molecule has 1 unspecified atom stereocenters. The maximum absolute atomic E-state index is 13.1. The molecule has 2 aliphatic heterocycles. The van der Waals surface area contributed by atoms with Crippen molar-refractivity contribution >= 4 is 23.2 Å². The van der Waals surface area contributed by atoms with Crippen molar-refractivity contribution in [2.75, 3.05) is 29.9 Å². The highest BCUT2D eigenvalue weighted by atomic mass is 16.5. The molecule has 0 radical (unpaired) electrons. The van der Waals surface area contributed by atoms with E-state index in [2.05, 4.69) is 81.0 Å². The predicted octanol–water partition coefficient (Wildman–Crippen LogP) is 6.29. The molecule has 0 saturated carbocycles. The maximum Gasteiger partial charge on any atom is 0.211 e. The molecule has 0 fully saturated rings. The Kier molecular flexibility index (Phi) is 5.27. The number of likely N-dealkylation sites (N-methyl/N-ethyl adjacent to an activating group) is 1. The zero-order chi connectivity index (χ0) is 24.1. The molecule has 0 saturated heterocycles. The number of carbonyl (C=O) groups is 1. The monoisotopic (exact) mass is 452 g/mol. The van der Waals surface area contributed by atoms with Gasteiger partial charge >= 0.3 is 0 Å². The molecule has 0 aromatic heterocycles. The Balaban J connectivity index is 1.53. The molecule has 4 nitrogen and oxygen atoms in total. The lowest BCUT2D eigenvalue weighted by Gasteiger charge is -2.46. The minimum absolute atomic E-state index is 0.0391. The SMILES string of the molecule is CCN(CC)c1ccc2c(c1)C=CC1(O2)N(C)c2ccc(C(=O)c3ccccc3)cc2C1(C)C. The third-order valence-electron chi connectivity index (χ3n) is 7.60. The van der Waals surface area contributed by atoms with Crippen molar-refractivity contribution in [3.63, 3.8) is 0 Å². The minimum atomic E-state index is -0.673. The van der Waals surface area contributed by atoms with Gasteiger partial charge in [-0.1, -0.05) is 30.3 Å². The molecule has 4 heteroatoms. The predicted molar refractivity (Wildman–Crippen MR) is 140 cm³/mol. The fourth-order valence-corrected chi connectivity index (χ4v) is 5.48. The Morgan fingerprint density at radius 2 is 1.68 bits per heavy atom. The van der Waals surface area contributed by atoms with Gasteiger partial charge < -0.3 is 14.5 Å². The zero-order valence-electron chi connectivity index (χ0n) is 20.6. The van der Waals surface area contributed by atoms with Crippen molar-refractivity contribution < 1.29 is 9.53 Å². The first-order valence-corrected chi connectivity index (χ1v) is 12.1. The third kappa shape index (κ3) is 3.16. The molecule has 0 aliphatic carbocycles. The minimum Gasteiger partial charge on any atom is -0.463 e. The first kappa shape index (κ1) is 22.3. The summed E-state index contributed by atoms with van der Waals surface area (Å²) in [6.45, 7) is 10.7. The second-order valence-electron chi connectivity index (χ2n) is 9.64. The van der Waals surface area contributed by atoms with E-state index in [0.29, 0.717) is 11.1 Å². The number of rotatable bonds is 5. The van der Waals surface area contributed by atoms with Crippen LogP contribution in [0.15, 0.2) is 72.8 Å². The van der Waals surface area contributed by atoms with Crippen molar-refractivity contribution in [1.29, 1.82) is 0 Å². The van der Waals surface area contributed by atoms with Crippen molar-refractivity contribution in [3.05, 3.63) is 95.1 Å². The maximum atomic E-state index is 13.1. The molecule has 3 aromatic carbocycles. The molecule has 174 valence electrons. The molecule has 34 heavy (non-hydrogen) atoms. The van der Waals surface area contributed by atoms with Gasteiger partial charge in [0.2, 0.25) is 5.72 Å². The molecule has 0 bridgehead atoms. The van der Waals surface area contributed by atoms with E-state index in [9.17, 15) is 4.79 Å². The number of hydrogen-bond donors (Lipinski definition) is 0. The molecule has 1 atom stereocenters. The number of carbonyl (C=O) groups excluding carboxylic acids is 1. The largest absolute Gasteiger partial charge is 0.463 e. The first-order chi connectivity index (χ1) is 16.3. The molecule has 5 rings (SSSR count). The van der Waals surface area contributed by atoms with Gasteiger partial charge in [0.05, 0.1) is 5.41 Å². The fraction of sp³-hybridized carbons (Fsp3) is 0.300. The topological polar surface area (TPSA) is 32.8 Å². The van der Waals surface area contributed by atoms with Crippen LogP contribution in [0, 0.1) is 0 Å². The summed E-state index contributed by atoms with van der Waals surface area (Å²) in [5.41, 5.74) is 4.85. The van der Waals surface area contributed by atoms with Crippen LogP contribution in [-0.2, 0) is 5.41 Å². The molecular formula is C30H32N2O2. The highest BCUT2D eigenvalue weighted by Gasteiger charge is 2.57. The van der Waals surface area contributed by atoms with Crippen molar-refractivity contribution in [3.8, 4) is 5.75 Å². The van der Waals surface area contributed by atoms with Crippen molar-refractivity contribution in [1.82, 2.24) is 0 Å². The highest BCUT2D eigenvalue weighted by Crippen LogP contribution is 2.54. The Labute approximate surface area is 202 Å². The van der Waals surface area contributed by atoms with Crippen LogP contribution in [0.2, 0.25) is 0 Å². The van der Waals surface area contributed by atoms with E-state index in [1.165, 1.54) is 5.69 Å². The quantitative estimate of drug-likeness (QED) is 0.426. The Bertz CT molecular complexity index is 1270. The van der Waals surface area contributed by atoms with Gasteiger partial charge in [0.15, 0.2) is 5.78 Å². The smallest absolute Gasteiger partial charge is 0.211 e. The van der Waals surface area contributed by atoms with Crippen LogP contribution in [0.25, 0.3) is 6.08 Å². The van der Waals surface area contributed by atoms with Gasteiger partial charge in [0, 0.05) is 48.2 Å². The summed E-state index contributed by atoms with van der Waals surface area (Å²) >= 11 is 0. The second kappa shape index (κ2) is 8.05. The van der Waals surface area contributed by atoms with Crippen LogP contribution in [-0.4, -0.2) is 31.6 Å². The van der Waals surface area contributed by atoms with E-state index >= 15 is 0 Å². The summed E-state index contributed by atoms with van der Waals surface area (Å²) in [5, 5.41) is 0.